The number of anilines is 1. The van der Waals surface area contributed by atoms with Gasteiger partial charge in [0.1, 0.15) is 0 Å². The number of hydrazone groups is 1. The van der Waals surface area contributed by atoms with Crippen LogP contribution in [0.4, 0.5) is 5.69 Å². The molecule has 112 valence electrons. The molecule has 2 N–H and O–H groups in total. The molecule has 0 saturated carbocycles. The van der Waals surface area contributed by atoms with Crippen molar-refractivity contribution in [2.24, 2.45) is 5.10 Å². The number of aryl methyl sites for hydroxylation is 1. The number of hydrogen-bond acceptors (Lipinski definition) is 3. The number of benzene rings is 2. The summed E-state index contributed by atoms with van der Waals surface area (Å²) in [4.78, 5) is 23.3. The summed E-state index contributed by atoms with van der Waals surface area (Å²) in [5.74, 6) is -1.60. The molecular formula is C16H14BrN3O2. The van der Waals surface area contributed by atoms with Gasteiger partial charge in [0.15, 0.2) is 0 Å². The van der Waals surface area contributed by atoms with Crippen molar-refractivity contribution in [1.29, 1.82) is 0 Å². The number of nitrogens with one attached hydrogen (secondary N) is 2. The largest absolute Gasteiger partial charge is 0.329 e. The SMILES string of the molecule is Cc1ccc(NC(=O)C(=O)NN=Cc2cccc(Br)c2)cc1. The molecule has 0 aliphatic rings. The zero-order valence-electron chi connectivity index (χ0n) is 11.8. The van der Waals surface area contributed by atoms with Gasteiger partial charge in [-0.3, -0.25) is 9.59 Å². The van der Waals surface area contributed by atoms with Crippen molar-refractivity contribution in [2.75, 3.05) is 5.32 Å². The molecule has 0 radical (unpaired) electrons. The van der Waals surface area contributed by atoms with E-state index < -0.39 is 11.8 Å². The maximum Gasteiger partial charge on any atom is 0.329 e. The molecule has 22 heavy (non-hydrogen) atoms. The van der Waals surface area contributed by atoms with Gasteiger partial charge >= 0.3 is 11.8 Å². The molecule has 2 aromatic carbocycles. The van der Waals surface area contributed by atoms with Gasteiger partial charge in [0.05, 0.1) is 6.21 Å². The molecule has 0 aromatic heterocycles. The summed E-state index contributed by atoms with van der Waals surface area (Å²) < 4.78 is 0.903. The molecule has 0 bridgehead atoms. The van der Waals surface area contributed by atoms with Crippen LogP contribution in [0.5, 0.6) is 0 Å². The van der Waals surface area contributed by atoms with Gasteiger partial charge < -0.3 is 5.32 Å². The van der Waals surface area contributed by atoms with Gasteiger partial charge in [0.2, 0.25) is 0 Å². The second kappa shape index (κ2) is 7.51. The third kappa shape index (κ3) is 4.82. The minimum absolute atomic E-state index is 0.557. The Morgan fingerprint density at radius 3 is 2.50 bits per heavy atom. The Balaban J connectivity index is 1.89. The van der Waals surface area contributed by atoms with E-state index in [2.05, 4.69) is 31.8 Å². The molecule has 0 unspecified atom stereocenters. The highest BCUT2D eigenvalue weighted by molar-refractivity contribution is 9.10. The molecule has 0 fully saturated rings. The predicted octanol–water partition coefficient (Wildman–Crippen LogP) is 2.85. The van der Waals surface area contributed by atoms with Crippen molar-refractivity contribution in [3.63, 3.8) is 0 Å². The molecule has 0 aliphatic carbocycles. The molecule has 0 aliphatic heterocycles. The van der Waals surface area contributed by atoms with E-state index in [1.807, 2.05) is 43.3 Å². The van der Waals surface area contributed by atoms with Crippen LogP contribution in [0, 0.1) is 6.92 Å². The van der Waals surface area contributed by atoms with E-state index in [0.29, 0.717) is 5.69 Å². The zero-order valence-corrected chi connectivity index (χ0v) is 13.4. The summed E-state index contributed by atoms with van der Waals surface area (Å²) in [6.45, 7) is 1.94. The lowest BCUT2D eigenvalue weighted by Gasteiger charge is -2.04. The van der Waals surface area contributed by atoms with Crippen LogP contribution < -0.4 is 10.7 Å². The highest BCUT2D eigenvalue weighted by atomic mass is 79.9. The first kappa shape index (κ1) is 15.9. The topological polar surface area (TPSA) is 70.6 Å². The van der Waals surface area contributed by atoms with Crippen LogP contribution in [0.2, 0.25) is 0 Å². The molecule has 2 rings (SSSR count). The smallest absolute Gasteiger partial charge is 0.318 e. The van der Waals surface area contributed by atoms with Gasteiger partial charge in [-0.15, -0.1) is 0 Å². The highest BCUT2D eigenvalue weighted by Crippen LogP contribution is 2.10. The molecule has 0 spiro atoms. The van der Waals surface area contributed by atoms with Crippen molar-refractivity contribution in [2.45, 2.75) is 6.92 Å². The molecule has 2 amide bonds. The summed E-state index contributed by atoms with van der Waals surface area (Å²) >= 11 is 3.34. The van der Waals surface area contributed by atoms with Gasteiger partial charge in [-0.1, -0.05) is 45.8 Å². The first-order valence-corrected chi connectivity index (χ1v) is 7.30. The third-order valence-corrected chi connectivity index (χ3v) is 3.24. The Kier molecular flexibility index (Phi) is 5.43. The fourth-order valence-corrected chi connectivity index (χ4v) is 2.04. The fourth-order valence-electron chi connectivity index (χ4n) is 1.63. The van der Waals surface area contributed by atoms with Crippen molar-refractivity contribution in [3.05, 3.63) is 64.1 Å². The van der Waals surface area contributed by atoms with Crippen LogP contribution in [0.3, 0.4) is 0 Å². The monoisotopic (exact) mass is 359 g/mol. The highest BCUT2D eigenvalue weighted by Gasteiger charge is 2.12. The summed E-state index contributed by atoms with van der Waals surface area (Å²) in [6, 6.07) is 14.5. The van der Waals surface area contributed by atoms with Gasteiger partial charge in [0.25, 0.3) is 0 Å². The van der Waals surface area contributed by atoms with Gasteiger partial charge in [-0.25, -0.2) is 5.43 Å². The molecule has 0 heterocycles. The van der Waals surface area contributed by atoms with Crippen molar-refractivity contribution < 1.29 is 9.59 Å². The lowest BCUT2D eigenvalue weighted by atomic mass is 10.2. The average molecular weight is 360 g/mol. The summed E-state index contributed by atoms with van der Waals surface area (Å²) in [5, 5.41) is 6.25. The van der Waals surface area contributed by atoms with Gasteiger partial charge in [-0.2, -0.15) is 5.10 Å². The number of nitrogens with zero attached hydrogens (tertiary/aromatic N) is 1. The minimum atomic E-state index is -0.827. The molecule has 6 heteroatoms. The Morgan fingerprint density at radius 2 is 1.82 bits per heavy atom. The van der Waals surface area contributed by atoms with Crippen LogP contribution in [0.1, 0.15) is 11.1 Å². The van der Waals surface area contributed by atoms with Crippen molar-refractivity contribution in [1.82, 2.24) is 5.43 Å². The average Bonchev–Trinajstić information content (AvgIpc) is 2.49. The Hall–Kier alpha value is -2.47. The molecule has 5 nitrogen and oxygen atoms in total. The second-order valence-electron chi connectivity index (χ2n) is 4.57. The molecule has 0 saturated heterocycles. The fraction of sp³-hybridized carbons (Fsp3) is 0.0625. The van der Waals surface area contributed by atoms with Crippen LogP contribution in [0.15, 0.2) is 58.1 Å². The predicted molar refractivity (Wildman–Crippen MR) is 89.7 cm³/mol. The normalized spacial score (nSPS) is 10.5. The Bertz CT molecular complexity index is 712. The van der Waals surface area contributed by atoms with E-state index >= 15 is 0 Å². The van der Waals surface area contributed by atoms with Crippen molar-refractivity contribution in [3.8, 4) is 0 Å². The minimum Gasteiger partial charge on any atom is -0.318 e. The number of amides is 2. The van der Waals surface area contributed by atoms with Crippen LogP contribution in [0.25, 0.3) is 0 Å². The molecule has 2 aromatic rings. The van der Waals surface area contributed by atoms with E-state index in [4.69, 9.17) is 0 Å². The summed E-state index contributed by atoms with van der Waals surface area (Å²) in [7, 11) is 0. The molecular weight excluding hydrogens is 346 g/mol. The zero-order chi connectivity index (χ0) is 15.9. The van der Waals surface area contributed by atoms with E-state index in [-0.39, 0.29) is 0 Å². The number of rotatable bonds is 3. The first-order valence-electron chi connectivity index (χ1n) is 6.51. The van der Waals surface area contributed by atoms with Gasteiger partial charge in [0, 0.05) is 10.2 Å². The Labute approximate surface area is 136 Å². The standard InChI is InChI=1S/C16H14BrN3O2/c1-11-5-7-14(8-6-11)19-15(21)16(22)20-18-10-12-3-2-4-13(17)9-12/h2-10H,1H3,(H,19,21)(H,20,22). The first-order chi connectivity index (χ1) is 10.5. The van der Waals surface area contributed by atoms with E-state index in [1.165, 1.54) is 6.21 Å². The maximum atomic E-state index is 11.7. The summed E-state index contributed by atoms with van der Waals surface area (Å²) in [5.41, 5.74) is 4.61. The van der Waals surface area contributed by atoms with E-state index in [0.717, 1.165) is 15.6 Å². The van der Waals surface area contributed by atoms with Crippen LogP contribution >= 0.6 is 15.9 Å². The van der Waals surface area contributed by atoms with E-state index in [9.17, 15) is 9.59 Å². The number of hydrogen-bond donors (Lipinski definition) is 2. The lowest BCUT2D eigenvalue weighted by molar-refractivity contribution is -0.136. The van der Waals surface area contributed by atoms with Crippen LogP contribution in [-0.2, 0) is 9.59 Å². The van der Waals surface area contributed by atoms with Gasteiger partial charge in [-0.05, 0) is 36.8 Å². The number of carbonyl (C=O) groups is 2. The number of halogens is 1. The quantitative estimate of drug-likeness (QED) is 0.502. The summed E-state index contributed by atoms with van der Waals surface area (Å²) in [6.07, 6.45) is 1.46. The number of carbonyl (C=O) groups excluding carboxylic acids is 2. The van der Waals surface area contributed by atoms with E-state index in [1.54, 1.807) is 12.1 Å². The Morgan fingerprint density at radius 1 is 1.09 bits per heavy atom. The third-order valence-electron chi connectivity index (χ3n) is 2.74. The van der Waals surface area contributed by atoms with Crippen molar-refractivity contribution >= 4 is 39.6 Å². The lowest BCUT2D eigenvalue weighted by Crippen LogP contribution is -2.32. The molecule has 0 atom stereocenters. The second-order valence-corrected chi connectivity index (χ2v) is 5.49. The van der Waals surface area contributed by atoms with Crippen LogP contribution in [-0.4, -0.2) is 18.0 Å². The maximum absolute atomic E-state index is 11.7.